The molecule has 0 spiro atoms. The van der Waals surface area contributed by atoms with Crippen molar-refractivity contribution in [2.24, 2.45) is 0 Å². The summed E-state index contributed by atoms with van der Waals surface area (Å²) in [6.45, 7) is 2.07. The highest BCUT2D eigenvalue weighted by atomic mass is 32.1. The Morgan fingerprint density at radius 2 is 2.33 bits per heavy atom. The minimum Gasteiger partial charge on any atom is -0.396 e. The highest BCUT2D eigenvalue weighted by Crippen LogP contribution is 2.17. The minimum atomic E-state index is 0.0934. The Balaban J connectivity index is 2.53. The van der Waals surface area contributed by atoms with Crippen LogP contribution < -0.4 is 0 Å². The van der Waals surface area contributed by atoms with E-state index in [1.165, 1.54) is 11.3 Å². The van der Waals surface area contributed by atoms with E-state index in [0.717, 1.165) is 9.75 Å². The molecule has 12 heavy (non-hydrogen) atoms. The van der Waals surface area contributed by atoms with Crippen LogP contribution in [0.2, 0.25) is 0 Å². The van der Waals surface area contributed by atoms with E-state index < -0.39 is 0 Å². The van der Waals surface area contributed by atoms with Crippen LogP contribution in [0.5, 0.6) is 0 Å². The van der Waals surface area contributed by atoms with E-state index >= 15 is 0 Å². The number of aliphatic hydroxyl groups excluding tert-OH is 1. The molecule has 0 unspecified atom stereocenters. The smallest absolute Gasteiger partial charge is 0.172 e. The summed E-state index contributed by atoms with van der Waals surface area (Å²) < 4.78 is 0. The van der Waals surface area contributed by atoms with Crippen molar-refractivity contribution in [3.05, 3.63) is 21.9 Å². The number of rotatable bonds is 4. The van der Waals surface area contributed by atoms with Gasteiger partial charge >= 0.3 is 0 Å². The number of thiophene rings is 1. The van der Waals surface area contributed by atoms with Crippen molar-refractivity contribution < 1.29 is 9.90 Å². The van der Waals surface area contributed by atoms with E-state index in [2.05, 4.69) is 0 Å². The predicted octanol–water partition coefficient (Wildman–Crippen LogP) is 2.01. The lowest BCUT2D eigenvalue weighted by Gasteiger charge is -1.93. The highest BCUT2D eigenvalue weighted by Gasteiger charge is 2.06. The SMILES string of the molecule is Cc1ccc(C(=O)CCCO)s1. The minimum absolute atomic E-state index is 0.0934. The molecule has 0 aliphatic carbocycles. The lowest BCUT2D eigenvalue weighted by molar-refractivity contribution is 0.0975. The molecule has 0 amide bonds. The van der Waals surface area contributed by atoms with Crippen LogP contribution in [-0.2, 0) is 0 Å². The molecule has 0 aromatic carbocycles. The number of Topliss-reactive ketones (excluding diaryl/α,β-unsaturated/α-hetero) is 1. The molecule has 0 aliphatic heterocycles. The Kier molecular flexibility index (Phi) is 3.44. The van der Waals surface area contributed by atoms with Gasteiger partial charge in [-0.25, -0.2) is 0 Å². The van der Waals surface area contributed by atoms with E-state index in [0.29, 0.717) is 12.8 Å². The Morgan fingerprint density at radius 1 is 1.58 bits per heavy atom. The van der Waals surface area contributed by atoms with E-state index in [1.807, 2.05) is 19.1 Å². The maximum Gasteiger partial charge on any atom is 0.172 e. The molecule has 1 aromatic rings. The fourth-order valence-electron chi connectivity index (χ4n) is 0.947. The van der Waals surface area contributed by atoms with Crippen LogP contribution in [0.15, 0.2) is 12.1 Å². The number of carbonyl (C=O) groups excluding carboxylic acids is 1. The summed E-state index contributed by atoms with van der Waals surface area (Å²) in [6, 6.07) is 3.79. The summed E-state index contributed by atoms with van der Waals surface area (Å²) >= 11 is 1.52. The Labute approximate surface area is 75.9 Å². The average molecular weight is 184 g/mol. The molecule has 3 heteroatoms. The first-order valence-corrected chi connectivity index (χ1v) is 4.76. The molecular formula is C9H12O2S. The average Bonchev–Trinajstić information content (AvgIpc) is 2.47. The van der Waals surface area contributed by atoms with Crippen LogP contribution in [0.1, 0.15) is 27.4 Å². The third-order valence-corrected chi connectivity index (χ3v) is 2.62. The summed E-state index contributed by atoms with van der Waals surface area (Å²) in [5.74, 6) is 0.141. The fraction of sp³-hybridized carbons (Fsp3) is 0.444. The number of hydrogen-bond acceptors (Lipinski definition) is 3. The van der Waals surface area contributed by atoms with Gasteiger partial charge in [0.15, 0.2) is 5.78 Å². The molecule has 0 atom stereocenters. The largest absolute Gasteiger partial charge is 0.396 e. The molecule has 0 radical (unpaired) electrons. The molecule has 1 heterocycles. The second kappa shape index (κ2) is 4.38. The topological polar surface area (TPSA) is 37.3 Å². The van der Waals surface area contributed by atoms with E-state index in [-0.39, 0.29) is 12.4 Å². The van der Waals surface area contributed by atoms with Gasteiger partial charge in [-0.1, -0.05) is 0 Å². The van der Waals surface area contributed by atoms with Crippen molar-refractivity contribution in [1.29, 1.82) is 0 Å². The second-order valence-electron chi connectivity index (χ2n) is 2.66. The summed E-state index contributed by atoms with van der Waals surface area (Å²) in [5, 5.41) is 8.52. The van der Waals surface area contributed by atoms with Crippen molar-refractivity contribution in [3.63, 3.8) is 0 Å². The Hall–Kier alpha value is -0.670. The van der Waals surface area contributed by atoms with Crippen LogP contribution in [0.25, 0.3) is 0 Å². The van der Waals surface area contributed by atoms with E-state index in [1.54, 1.807) is 0 Å². The second-order valence-corrected chi connectivity index (χ2v) is 3.95. The van der Waals surface area contributed by atoms with Gasteiger partial charge in [-0.2, -0.15) is 0 Å². The van der Waals surface area contributed by atoms with Crippen molar-refractivity contribution in [1.82, 2.24) is 0 Å². The van der Waals surface area contributed by atoms with Crippen LogP contribution in [0, 0.1) is 6.92 Å². The molecule has 0 aliphatic rings. The van der Waals surface area contributed by atoms with Crippen molar-refractivity contribution >= 4 is 17.1 Å². The zero-order valence-electron chi connectivity index (χ0n) is 7.04. The van der Waals surface area contributed by atoms with Crippen LogP contribution in [-0.4, -0.2) is 17.5 Å². The third-order valence-electron chi connectivity index (χ3n) is 1.58. The van der Waals surface area contributed by atoms with Gasteiger partial charge in [0.25, 0.3) is 0 Å². The van der Waals surface area contributed by atoms with Crippen molar-refractivity contribution in [3.8, 4) is 0 Å². The maximum absolute atomic E-state index is 11.3. The van der Waals surface area contributed by atoms with Crippen LogP contribution in [0.4, 0.5) is 0 Å². The van der Waals surface area contributed by atoms with Gasteiger partial charge in [-0.15, -0.1) is 11.3 Å². The third kappa shape index (κ3) is 2.43. The summed E-state index contributed by atoms with van der Waals surface area (Å²) in [4.78, 5) is 13.3. The molecule has 1 aromatic heterocycles. The van der Waals surface area contributed by atoms with Gasteiger partial charge in [-0.3, -0.25) is 4.79 Å². The molecule has 1 N–H and O–H groups in total. The summed E-state index contributed by atoms with van der Waals surface area (Å²) in [7, 11) is 0. The zero-order chi connectivity index (χ0) is 8.97. The number of aliphatic hydroxyl groups is 1. The van der Waals surface area contributed by atoms with Crippen LogP contribution >= 0.6 is 11.3 Å². The van der Waals surface area contributed by atoms with E-state index in [9.17, 15) is 4.79 Å². The summed E-state index contributed by atoms with van der Waals surface area (Å²) in [5.41, 5.74) is 0. The number of carbonyl (C=O) groups is 1. The summed E-state index contributed by atoms with van der Waals surface area (Å²) in [6.07, 6.45) is 1.02. The molecule has 0 bridgehead atoms. The van der Waals surface area contributed by atoms with Gasteiger partial charge in [-0.05, 0) is 25.5 Å². The predicted molar refractivity (Wildman–Crippen MR) is 49.7 cm³/mol. The monoisotopic (exact) mass is 184 g/mol. The van der Waals surface area contributed by atoms with E-state index in [4.69, 9.17) is 5.11 Å². The molecule has 0 fully saturated rings. The van der Waals surface area contributed by atoms with Crippen LogP contribution in [0.3, 0.4) is 0 Å². The quantitative estimate of drug-likeness (QED) is 0.727. The first-order chi connectivity index (χ1) is 5.74. The Morgan fingerprint density at radius 3 is 2.83 bits per heavy atom. The lowest BCUT2D eigenvalue weighted by Crippen LogP contribution is -1.96. The molecule has 2 nitrogen and oxygen atoms in total. The molecule has 1 rings (SSSR count). The highest BCUT2D eigenvalue weighted by molar-refractivity contribution is 7.14. The molecule has 0 saturated heterocycles. The number of hydrogen-bond donors (Lipinski definition) is 1. The normalized spacial score (nSPS) is 10.2. The molecular weight excluding hydrogens is 172 g/mol. The van der Waals surface area contributed by atoms with Crippen molar-refractivity contribution in [2.45, 2.75) is 19.8 Å². The lowest BCUT2D eigenvalue weighted by atomic mass is 10.2. The van der Waals surface area contributed by atoms with Gasteiger partial charge in [0.05, 0.1) is 4.88 Å². The first kappa shape index (κ1) is 9.42. The van der Waals surface area contributed by atoms with Crippen molar-refractivity contribution in [2.75, 3.05) is 6.61 Å². The van der Waals surface area contributed by atoms with Gasteiger partial charge < -0.3 is 5.11 Å². The zero-order valence-corrected chi connectivity index (χ0v) is 7.86. The Bertz CT molecular complexity index is 265. The van der Waals surface area contributed by atoms with Gasteiger partial charge in [0.2, 0.25) is 0 Å². The number of aryl methyl sites for hydroxylation is 1. The molecule has 0 saturated carbocycles. The number of ketones is 1. The standard InChI is InChI=1S/C9H12O2S/c1-7-4-5-9(12-7)8(11)3-2-6-10/h4-5,10H,2-3,6H2,1H3. The maximum atomic E-state index is 11.3. The first-order valence-electron chi connectivity index (χ1n) is 3.94. The van der Waals surface area contributed by atoms with Gasteiger partial charge in [0, 0.05) is 17.9 Å². The van der Waals surface area contributed by atoms with Gasteiger partial charge in [0.1, 0.15) is 0 Å². The fourth-order valence-corrected chi connectivity index (χ4v) is 1.78. The molecule has 66 valence electrons.